The smallest absolute Gasteiger partial charge is 0.226 e. The van der Waals surface area contributed by atoms with Crippen LogP contribution in [0.25, 0.3) is 0 Å². The van der Waals surface area contributed by atoms with E-state index in [1.54, 1.807) is 0 Å². The van der Waals surface area contributed by atoms with E-state index < -0.39 is 0 Å². The van der Waals surface area contributed by atoms with Crippen molar-refractivity contribution in [1.82, 2.24) is 19.7 Å². The Kier molecular flexibility index (Phi) is 3.52. The van der Waals surface area contributed by atoms with E-state index in [1.807, 2.05) is 30.3 Å². The zero-order valence-electron chi connectivity index (χ0n) is 13.8. The molecule has 122 valence electrons. The lowest BCUT2D eigenvalue weighted by atomic mass is 10.2. The maximum Gasteiger partial charge on any atom is 0.226 e. The quantitative estimate of drug-likeness (QED) is 0.847. The third-order valence-electron chi connectivity index (χ3n) is 4.93. The van der Waals surface area contributed by atoms with Crippen molar-refractivity contribution in [3.05, 3.63) is 33.5 Å². The van der Waals surface area contributed by atoms with E-state index in [1.165, 1.54) is 22.6 Å². The van der Waals surface area contributed by atoms with Crippen molar-refractivity contribution in [1.29, 1.82) is 0 Å². The standard InChI is InChI=1S/C17H22N4OS/c1-10-4-7-14(23-10)12-8-13(12)17(22)20(2)9-15-18-19-16(21(15)3)11-5-6-11/h4,7,11-13H,5-6,8-9H2,1-3H3/t12-,13+/m0/s1. The molecule has 0 saturated heterocycles. The Hall–Kier alpha value is -1.69. The molecule has 2 saturated carbocycles. The Bertz CT molecular complexity index is 746. The van der Waals surface area contributed by atoms with E-state index in [0.717, 1.165) is 18.1 Å². The Morgan fingerprint density at radius 1 is 1.39 bits per heavy atom. The monoisotopic (exact) mass is 330 g/mol. The SMILES string of the molecule is Cc1ccc([C@H]2C[C@H]2C(=O)N(C)Cc2nnc(C3CC3)n2C)s1. The third kappa shape index (κ3) is 2.80. The topological polar surface area (TPSA) is 51.0 Å². The van der Waals surface area contributed by atoms with Crippen molar-refractivity contribution in [2.75, 3.05) is 7.05 Å². The number of hydrogen-bond donors (Lipinski definition) is 0. The fourth-order valence-corrected chi connectivity index (χ4v) is 4.27. The van der Waals surface area contributed by atoms with Gasteiger partial charge in [0.15, 0.2) is 5.82 Å². The van der Waals surface area contributed by atoms with Gasteiger partial charge in [-0.15, -0.1) is 21.5 Å². The molecule has 5 nitrogen and oxygen atoms in total. The molecule has 2 aliphatic carbocycles. The summed E-state index contributed by atoms with van der Waals surface area (Å²) in [7, 11) is 3.89. The second kappa shape index (κ2) is 5.44. The molecule has 6 heteroatoms. The Labute approximate surface area is 140 Å². The minimum atomic E-state index is 0.147. The van der Waals surface area contributed by atoms with Gasteiger partial charge in [0, 0.05) is 41.6 Å². The van der Waals surface area contributed by atoms with Gasteiger partial charge in [-0.2, -0.15) is 0 Å². The van der Waals surface area contributed by atoms with Gasteiger partial charge in [0.25, 0.3) is 0 Å². The maximum atomic E-state index is 12.6. The molecule has 2 aromatic rings. The lowest BCUT2D eigenvalue weighted by Crippen LogP contribution is -2.29. The molecule has 0 spiro atoms. The Balaban J connectivity index is 1.39. The van der Waals surface area contributed by atoms with Crippen LogP contribution in [0.1, 0.15) is 52.5 Å². The number of aromatic nitrogens is 3. The Morgan fingerprint density at radius 3 is 2.83 bits per heavy atom. The molecule has 4 rings (SSSR count). The summed E-state index contributed by atoms with van der Waals surface area (Å²) in [5, 5.41) is 8.57. The first-order chi connectivity index (χ1) is 11.0. The van der Waals surface area contributed by atoms with E-state index in [9.17, 15) is 4.79 Å². The number of aryl methyl sites for hydroxylation is 1. The summed E-state index contributed by atoms with van der Waals surface area (Å²) in [6.07, 6.45) is 3.41. The fourth-order valence-electron chi connectivity index (χ4n) is 3.22. The molecule has 2 aromatic heterocycles. The number of hydrogen-bond acceptors (Lipinski definition) is 4. The molecule has 0 aliphatic heterocycles. The summed E-state index contributed by atoms with van der Waals surface area (Å²) in [6.45, 7) is 2.66. The van der Waals surface area contributed by atoms with Crippen LogP contribution in [0.5, 0.6) is 0 Å². The first kappa shape index (κ1) is 14.9. The largest absolute Gasteiger partial charge is 0.338 e. The fraction of sp³-hybridized carbons (Fsp3) is 0.588. The number of nitrogens with zero attached hydrogens (tertiary/aromatic N) is 4. The van der Waals surface area contributed by atoms with E-state index in [-0.39, 0.29) is 11.8 Å². The average Bonchev–Trinajstić information content (AvgIpc) is 3.44. The van der Waals surface area contributed by atoms with Crippen LogP contribution in [-0.4, -0.2) is 32.6 Å². The first-order valence-corrected chi connectivity index (χ1v) is 9.05. The molecule has 0 radical (unpaired) electrons. The van der Waals surface area contributed by atoms with Gasteiger partial charge in [0.1, 0.15) is 5.82 Å². The summed E-state index contributed by atoms with van der Waals surface area (Å²) in [5.74, 6) is 3.33. The minimum Gasteiger partial charge on any atom is -0.338 e. The first-order valence-electron chi connectivity index (χ1n) is 8.24. The predicted molar refractivity (Wildman–Crippen MR) is 89.4 cm³/mol. The van der Waals surface area contributed by atoms with Gasteiger partial charge in [0.05, 0.1) is 6.54 Å². The summed E-state index contributed by atoms with van der Waals surface area (Å²) in [5.41, 5.74) is 0. The van der Waals surface area contributed by atoms with E-state index >= 15 is 0 Å². The molecule has 2 atom stereocenters. The number of thiophene rings is 1. The molecule has 0 unspecified atom stereocenters. The molecular weight excluding hydrogens is 308 g/mol. The molecule has 2 heterocycles. The van der Waals surface area contributed by atoms with Crippen molar-refractivity contribution in [3.63, 3.8) is 0 Å². The van der Waals surface area contributed by atoms with E-state index in [4.69, 9.17) is 0 Å². The van der Waals surface area contributed by atoms with Crippen LogP contribution in [0.15, 0.2) is 12.1 Å². The predicted octanol–water partition coefficient (Wildman–Crippen LogP) is 2.82. The normalized spacial score (nSPS) is 23.1. The average molecular weight is 330 g/mol. The van der Waals surface area contributed by atoms with E-state index in [2.05, 4.69) is 33.8 Å². The van der Waals surface area contributed by atoms with Crippen LogP contribution in [-0.2, 0) is 18.4 Å². The molecule has 2 aliphatic rings. The summed E-state index contributed by atoms with van der Waals surface area (Å²) in [4.78, 5) is 17.1. The molecule has 0 N–H and O–H groups in total. The van der Waals surface area contributed by atoms with E-state index in [0.29, 0.717) is 18.4 Å². The highest BCUT2D eigenvalue weighted by Gasteiger charge is 2.46. The number of carbonyl (C=O) groups excluding carboxylic acids is 1. The highest BCUT2D eigenvalue weighted by Crippen LogP contribution is 2.50. The summed E-state index contributed by atoms with van der Waals surface area (Å²) >= 11 is 1.81. The van der Waals surface area contributed by atoms with Gasteiger partial charge < -0.3 is 9.47 Å². The van der Waals surface area contributed by atoms with Crippen LogP contribution >= 0.6 is 11.3 Å². The highest BCUT2D eigenvalue weighted by atomic mass is 32.1. The van der Waals surface area contributed by atoms with Crippen molar-refractivity contribution >= 4 is 17.2 Å². The van der Waals surface area contributed by atoms with Gasteiger partial charge in [0.2, 0.25) is 5.91 Å². The lowest BCUT2D eigenvalue weighted by Gasteiger charge is -2.16. The van der Waals surface area contributed by atoms with Gasteiger partial charge in [-0.05, 0) is 38.3 Å². The second-order valence-corrected chi connectivity index (χ2v) is 8.22. The van der Waals surface area contributed by atoms with Crippen LogP contribution < -0.4 is 0 Å². The summed E-state index contributed by atoms with van der Waals surface area (Å²) < 4.78 is 2.06. The van der Waals surface area contributed by atoms with Crippen molar-refractivity contribution in [3.8, 4) is 0 Å². The van der Waals surface area contributed by atoms with Gasteiger partial charge in [-0.25, -0.2) is 0 Å². The molecule has 1 amide bonds. The minimum absolute atomic E-state index is 0.147. The van der Waals surface area contributed by atoms with Crippen LogP contribution in [0.2, 0.25) is 0 Å². The summed E-state index contributed by atoms with van der Waals surface area (Å²) in [6, 6.07) is 4.31. The second-order valence-electron chi connectivity index (χ2n) is 6.90. The van der Waals surface area contributed by atoms with Crippen molar-refractivity contribution in [2.24, 2.45) is 13.0 Å². The molecule has 0 bridgehead atoms. The van der Waals surface area contributed by atoms with Crippen LogP contribution in [0, 0.1) is 12.8 Å². The third-order valence-corrected chi connectivity index (χ3v) is 6.06. The maximum absolute atomic E-state index is 12.6. The lowest BCUT2D eigenvalue weighted by molar-refractivity contribution is -0.132. The zero-order chi connectivity index (χ0) is 16.1. The van der Waals surface area contributed by atoms with Gasteiger partial charge in [-0.1, -0.05) is 0 Å². The molecule has 0 aromatic carbocycles. The number of rotatable bonds is 5. The van der Waals surface area contributed by atoms with Gasteiger partial charge in [-0.3, -0.25) is 4.79 Å². The number of carbonyl (C=O) groups is 1. The van der Waals surface area contributed by atoms with Gasteiger partial charge >= 0.3 is 0 Å². The number of amides is 1. The molecule has 2 fully saturated rings. The van der Waals surface area contributed by atoms with Crippen molar-refractivity contribution in [2.45, 2.75) is 44.6 Å². The highest BCUT2D eigenvalue weighted by molar-refractivity contribution is 7.12. The zero-order valence-corrected chi connectivity index (χ0v) is 14.6. The van der Waals surface area contributed by atoms with Crippen LogP contribution in [0.3, 0.4) is 0 Å². The molecular formula is C17H22N4OS. The Morgan fingerprint density at radius 2 is 2.17 bits per heavy atom. The molecule has 23 heavy (non-hydrogen) atoms. The van der Waals surface area contributed by atoms with Crippen LogP contribution in [0.4, 0.5) is 0 Å². The van der Waals surface area contributed by atoms with Crippen molar-refractivity contribution < 1.29 is 4.79 Å².